The van der Waals surface area contributed by atoms with Crippen LogP contribution in [-0.2, 0) is 0 Å². The quantitative estimate of drug-likeness (QED) is 0.190. The summed E-state index contributed by atoms with van der Waals surface area (Å²) in [7, 11) is 0. The van der Waals surface area contributed by atoms with Gasteiger partial charge in [0.25, 0.3) is 0 Å². The Morgan fingerprint density at radius 3 is 1.86 bits per heavy atom. The van der Waals surface area contributed by atoms with Crippen LogP contribution in [0, 0.1) is 0 Å². The van der Waals surface area contributed by atoms with Crippen LogP contribution in [0.5, 0.6) is 0 Å². The van der Waals surface area contributed by atoms with Crippen LogP contribution in [0.2, 0.25) is 0 Å². The summed E-state index contributed by atoms with van der Waals surface area (Å²) in [6.07, 6.45) is 0. The smallest absolute Gasteiger partial charge is 0.159 e. The minimum Gasteiger partial charge on any atom is -0.456 e. The van der Waals surface area contributed by atoms with Crippen LogP contribution in [-0.4, -0.2) is 0 Å². The fraction of sp³-hybridized carbons (Fsp3) is 0. The first-order valence-electron chi connectivity index (χ1n) is 16.6. The summed E-state index contributed by atoms with van der Waals surface area (Å²) in [6.45, 7) is 0. The molecule has 8 aromatic carbocycles. The van der Waals surface area contributed by atoms with E-state index in [9.17, 15) is 0 Å². The molecule has 10 rings (SSSR count). The first-order chi connectivity index (χ1) is 24.3. The molecule has 2 aromatic heterocycles. The van der Waals surface area contributed by atoms with Gasteiger partial charge in [-0.3, -0.25) is 0 Å². The van der Waals surface area contributed by atoms with E-state index in [2.05, 4.69) is 169 Å². The van der Waals surface area contributed by atoms with Gasteiger partial charge in [0.05, 0.1) is 11.4 Å². The minimum atomic E-state index is 0.845. The van der Waals surface area contributed by atoms with Crippen LogP contribution in [0.15, 0.2) is 185 Å². The Hall–Kier alpha value is -6.58. The summed E-state index contributed by atoms with van der Waals surface area (Å²) in [5.74, 6) is 0. The molecule has 0 fully saturated rings. The van der Waals surface area contributed by atoms with E-state index >= 15 is 0 Å². The Labute approximate surface area is 282 Å². The number of anilines is 3. The van der Waals surface area contributed by atoms with Crippen LogP contribution in [0.4, 0.5) is 17.1 Å². The van der Waals surface area contributed by atoms with Gasteiger partial charge in [0.15, 0.2) is 5.58 Å². The molecule has 3 heteroatoms. The molecule has 0 aliphatic heterocycles. The number of hydrogen-bond acceptors (Lipinski definition) is 3. The SMILES string of the molecule is c1ccc(-c2ccc(N(c3cc4c(cc3-c3ccccc3)oc3ccc5ccccc5c34)c3cccc4c3oc3ccccc34)cc2)cc1. The molecule has 10 aromatic rings. The number of para-hydroxylation sites is 2. The van der Waals surface area contributed by atoms with Gasteiger partial charge in [0.2, 0.25) is 0 Å². The highest BCUT2D eigenvalue weighted by molar-refractivity contribution is 6.20. The fourth-order valence-electron chi connectivity index (χ4n) is 7.36. The summed E-state index contributed by atoms with van der Waals surface area (Å²) in [4.78, 5) is 2.35. The summed E-state index contributed by atoms with van der Waals surface area (Å²) < 4.78 is 13.3. The van der Waals surface area contributed by atoms with Crippen molar-refractivity contribution in [1.82, 2.24) is 0 Å². The van der Waals surface area contributed by atoms with Gasteiger partial charge in [-0.2, -0.15) is 0 Å². The molecule has 0 saturated heterocycles. The highest BCUT2D eigenvalue weighted by atomic mass is 16.3. The number of benzene rings is 8. The Morgan fingerprint density at radius 2 is 1.04 bits per heavy atom. The summed E-state index contributed by atoms with van der Waals surface area (Å²) in [5, 5.41) is 6.74. The molecule has 2 heterocycles. The summed E-state index contributed by atoms with van der Waals surface area (Å²) in [5.41, 5.74) is 11.0. The molecular weight excluding hydrogens is 599 g/mol. The van der Waals surface area contributed by atoms with Gasteiger partial charge in [-0.25, -0.2) is 0 Å². The van der Waals surface area contributed by atoms with E-state index in [0.717, 1.165) is 77.6 Å². The van der Waals surface area contributed by atoms with E-state index in [1.165, 1.54) is 16.3 Å². The van der Waals surface area contributed by atoms with Crippen molar-refractivity contribution in [3.8, 4) is 22.3 Å². The first-order valence-corrected chi connectivity index (χ1v) is 16.6. The second-order valence-corrected chi connectivity index (χ2v) is 12.5. The van der Waals surface area contributed by atoms with Gasteiger partial charge < -0.3 is 13.7 Å². The van der Waals surface area contributed by atoms with E-state index in [1.54, 1.807) is 0 Å². The normalized spacial score (nSPS) is 11.7. The number of hydrogen-bond donors (Lipinski definition) is 0. The Morgan fingerprint density at radius 1 is 0.367 bits per heavy atom. The van der Waals surface area contributed by atoms with E-state index in [4.69, 9.17) is 8.83 Å². The zero-order valence-electron chi connectivity index (χ0n) is 26.5. The molecule has 0 radical (unpaired) electrons. The molecule has 0 aliphatic rings. The lowest BCUT2D eigenvalue weighted by Crippen LogP contribution is -2.11. The van der Waals surface area contributed by atoms with Crippen LogP contribution >= 0.6 is 0 Å². The molecule has 0 saturated carbocycles. The Bertz CT molecular complexity index is 2810. The molecule has 0 spiro atoms. The second kappa shape index (κ2) is 11.0. The van der Waals surface area contributed by atoms with E-state index in [1.807, 2.05) is 12.1 Å². The monoisotopic (exact) mass is 627 g/mol. The van der Waals surface area contributed by atoms with Gasteiger partial charge in [0, 0.05) is 32.8 Å². The Balaban J connectivity index is 1.31. The van der Waals surface area contributed by atoms with Gasteiger partial charge in [-0.05, 0) is 69.9 Å². The topological polar surface area (TPSA) is 29.5 Å². The third kappa shape index (κ3) is 4.44. The maximum absolute atomic E-state index is 6.69. The zero-order valence-corrected chi connectivity index (χ0v) is 26.5. The fourth-order valence-corrected chi connectivity index (χ4v) is 7.36. The third-order valence-electron chi connectivity index (χ3n) is 9.66. The van der Waals surface area contributed by atoms with Crippen LogP contribution < -0.4 is 4.90 Å². The molecule has 0 unspecified atom stereocenters. The van der Waals surface area contributed by atoms with Crippen molar-refractivity contribution >= 4 is 71.7 Å². The lowest BCUT2D eigenvalue weighted by molar-refractivity contribution is 0.669. The molecule has 230 valence electrons. The highest BCUT2D eigenvalue weighted by Gasteiger charge is 2.24. The van der Waals surface area contributed by atoms with Gasteiger partial charge in [0.1, 0.15) is 16.7 Å². The number of furan rings is 2. The molecule has 0 amide bonds. The lowest BCUT2D eigenvalue weighted by atomic mass is 9.97. The molecule has 0 N–H and O–H groups in total. The molecule has 0 atom stereocenters. The average Bonchev–Trinajstić information content (AvgIpc) is 3.74. The van der Waals surface area contributed by atoms with Crippen molar-refractivity contribution in [3.63, 3.8) is 0 Å². The number of rotatable bonds is 5. The van der Waals surface area contributed by atoms with Crippen molar-refractivity contribution in [2.24, 2.45) is 0 Å². The molecular formula is C46H29NO2. The second-order valence-electron chi connectivity index (χ2n) is 12.5. The van der Waals surface area contributed by atoms with E-state index in [-0.39, 0.29) is 0 Å². The van der Waals surface area contributed by atoms with Gasteiger partial charge in [-0.1, -0.05) is 133 Å². The van der Waals surface area contributed by atoms with Crippen LogP contribution in [0.1, 0.15) is 0 Å². The van der Waals surface area contributed by atoms with Crippen molar-refractivity contribution < 1.29 is 8.83 Å². The minimum absolute atomic E-state index is 0.845. The van der Waals surface area contributed by atoms with Gasteiger partial charge >= 0.3 is 0 Å². The predicted molar refractivity (Wildman–Crippen MR) is 204 cm³/mol. The number of fused-ring (bicyclic) bond motifs is 8. The van der Waals surface area contributed by atoms with Crippen molar-refractivity contribution in [2.75, 3.05) is 4.90 Å². The maximum atomic E-state index is 6.69. The van der Waals surface area contributed by atoms with Crippen LogP contribution in [0.25, 0.3) is 76.9 Å². The first kappa shape index (κ1) is 27.5. The molecule has 0 bridgehead atoms. The van der Waals surface area contributed by atoms with Crippen molar-refractivity contribution in [3.05, 3.63) is 176 Å². The summed E-state index contributed by atoms with van der Waals surface area (Å²) in [6, 6.07) is 61.9. The average molecular weight is 628 g/mol. The van der Waals surface area contributed by atoms with Crippen LogP contribution in [0.3, 0.4) is 0 Å². The standard InChI is InChI=1S/C46H29NO2/c1-3-12-30(13-4-1)31-22-25-34(26-23-31)47(40-20-11-19-37-36-18-9-10-21-42(36)49-46(37)40)41-28-39-44(29-38(41)32-14-5-2-6-15-32)48-43-27-24-33-16-7-8-17-35(33)45(39)43/h1-29H. The highest BCUT2D eigenvalue weighted by Crippen LogP contribution is 2.48. The predicted octanol–water partition coefficient (Wildman–Crippen LogP) is 13.4. The van der Waals surface area contributed by atoms with Crippen molar-refractivity contribution in [1.29, 1.82) is 0 Å². The molecule has 0 aliphatic carbocycles. The number of nitrogens with zero attached hydrogens (tertiary/aromatic N) is 1. The largest absolute Gasteiger partial charge is 0.456 e. The molecule has 49 heavy (non-hydrogen) atoms. The maximum Gasteiger partial charge on any atom is 0.159 e. The van der Waals surface area contributed by atoms with Crippen molar-refractivity contribution in [2.45, 2.75) is 0 Å². The van der Waals surface area contributed by atoms with Gasteiger partial charge in [-0.15, -0.1) is 0 Å². The zero-order chi connectivity index (χ0) is 32.3. The van der Waals surface area contributed by atoms with E-state index < -0.39 is 0 Å². The summed E-state index contributed by atoms with van der Waals surface area (Å²) >= 11 is 0. The Kier molecular flexibility index (Phi) is 6.18. The lowest BCUT2D eigenvalue weighted by Gasteiger charge is -2.28. The molecule has 3 nitrogen and oxygen atoms in total. The van der Waals surface area contributed by atoms with E-state index in [0.29, 0.717) is 0 Å². The third-order valence-corrected chi connectivity index (χ3v) is 9.66.